The topological polar surface area (TPSA) is 46.1 Å². The van der Waals surface area contributed by atoms with Crippen LogP contribution in [0.25, 0.3) is 5.69 Å². The van der Waals surface area contributed by atoms with Crippen molar-refractivity contribution in [2.24, 2.45) is 0 Å². The van der Waals surface area contributed by atoms with Crippen LogP contribution in [0.2, 0.25) is 0 Å². The molecule has 0 aliphatic carbocycles. The van der Waals surface area contributed by atoms with Gasteiger partial charge in [0.15, 0.2) is 0 Å². The Balaban J connectivity index is 2.05. The number of nitrogens with zero attached hydrogens (tertiary/aromatic N) is 3. The van der Waals surface area contributed by atoms with Crippen LogP contribution in [0.3, 0.4) is 0 Å². The molecule has 1 aromatic heterocycles. The lowest BCUT2D eigenvalue weighted by Gasteiger charge is -2.37. The lowest BCUT2D eigenvalue weighted by molar-refractivity contribution is 0.0335. The first kappa shape index (κ1) is 13.3. The predicted octanol–water partition coefficient (Wildman–Crippen LogP) is 2.54. The second-order valence-electron chi connectivity index (χ2n) is 5.15. The number of aromatic amines is 1. The molecule has 0 amide bonds. The third-order valence-corrected chi connectivity index (χ3v) is 3.81. The fourth-order valence-corrected chi connectivity index (χ4v) is 2.71. The highest BCUT2D eigenvalue weighted by Gasteiger charge is 2.27. The Kier molecular flexibility index (Phi) is 3.58. The van der Waals surface area contributed by atoms with E-state index in [9.17, 15) is 0 Å². The van der Waals surface area contributed by atoms with Crippen LogP contribution in [0.4, 0.5) is 5.95 Å². The maximum absolute atomic E-state index is 5.68. The van der Waals surface area contributed by atoms with Gasteiger partial charge in [0.05, 0.1) is 24.4 Å². The average molecular weight is 290 g/mol. The van der Waals surface area contributed by atoms with E-state index < -0.39 is 0 Å². The molecule has 0 spiro atoms. The van der Waals surface area contributed by atoms with Gasteiger partial charge in [0.2, 0.25) is 10.7 Å². The summed E-state index contributed by atoms with van der Waals surface area (Å²) in [6.07, 6.45) is 0.195. The molecule has 20 heavy (non-hydrogen) atoms. The predicted molar refractivity (Wildman–Crippen MR) is 81.0 cm³/mol. The van der Waals surface area contributed by atoms with Gasteiger partial charge in [-0.1, -0.05) is 18.2 Å². The number of benzene rings is 1. The molecule has 106 valence electrons. The Hall–Kier alpha value is -1.66. The SMILES string of the molecule is CC1CN(c2n[nH]c(=S)n2-c2ccccc2)C(C)CO1. The molecule has 2 atom stereocenters. The second kappa shape index (κ2) is 5.38. The van der Waals surface area contributed by atoms with Crippen LogP contribution in [0, 0.1) is 4.77 Å². The Morgan fingerprint density at radius 2 is 2.05 bits per heavy atom. The quantitative estimate of drug-likeness (QED) is 0.863. The van der Waals surface area contributed by atoms with Gasteiger partial charge in [0.1, 0.15) is 0 Å². The minimum absolute atomic E-state index is 0.195. The van der Waals surface area contributed by atoms with Crippen molar-refractivity contribution in [1.82, 2.24) is 14.8 Å². The number of aromatic nitrogens is 3. The van der Waals surface area contributed by atoms with Gasteiger partial charge in [-0.3, -0.25) is 4.57 Å². The Labute approximate surface area is 123 Å². The number of para-hydroxylation sites is 1. The highest BCUT2D eigenvalue weighted by atomic mass is 32.1. The Morgan fingerprint density at radius 3 is 2.80 bits per heavy atom. The standard InChI is InChI=1S/C14H18N4OS/c1-10-9-19-11(2)8-17(10)13-15-16-14(20)18(13)12-6-4-3-5-7-12/h3-7,10-11H,8-9H2,1-2H3,(H,16,20). The summed E-state index contributed by atoms with van der Waals surface area (Å²) in [6.45, 7) is 5.73. The summed E-state index contributed by atoms with van der Waals surface area (Å²) in [5.74, 6) is 0.851. The summed E-state index contributed by atoms with van der Waals surface area (Å²) >= 11 is 5.38. The normalized spacial score (nSPS) is 23.0. The minimum atomic E-state index is 0.195. The summed E-state index contributed by atoms with van der Waals surface area (Å²) in [5, 5.41) is 7.32. The molecule has 3 rings (SSSR count). The van der Waals surface area contributed by atoms with Crippen molar-refractivity contribution >= 4 is 18.2 Å². The van der Waals surface area contributed by atoms with E-state index in [-0.39, 0.29) is 12.1 Å². The maximum Gasteiger partial charge on any atom is 0.230 e. The zero-order valence-corrected chi connectivity index (χ0v) is 12.4. The van der Waals surface area contributed by atoms with Gasteiger partial charge < -0.3 is 9.64 Å². The van der Waals surface area contributed by atoms with E-state index in [2.05, 4.69) is 28.9 Å². The van der Waals surface area contributed by atoms with Crippen molar-refractivity contribution in [2.45, 2.75) is 26.0 Å². The van der Waals surface area contributed by atoms with E-state index in [1.807, 2.05) is 34.9 Å². The molecular formula is C14H18N4OS. The molecule has 1 N–H and O–H groups in total. The fourth-order valence-electron chi connectivity index (χ4n) is 2.47. The molecule has 5 nitrogen and oxygen atoms in total. The van der Waals surface area contributed by atoms with Crippen LogP contribution < -0.4 is 4.90 Å². The number of ether oxygens (including phenoxy) is 1. The lowest BCUT2D eigenvalue weighted by Crippen LogP contribution is -2.48. The van der Waals surface area contributed by atoms with Crippen molar-refractivity contribution in [1.29, 1.82) is 0 Å². The molecule has 1 fully saturated rings. The van der Waals surface area contributed by atoms with Gasteiger partial charge >= 0.3 is 0 Å². The van der Waals surface area contributed by atoms with Crippen molar-refractivity contribution in [3.63, 3.8) is 0 Å². The zero-order chi connectivity index (χ0) is 14.1. The van der Waals surface area contributed by atoms with Crippen LogP contribution in [-0.2, 0) is 4.74 Å². The molecule has 6 heteroatoms. The Bertz CT molecular complexity index is 636. The van der Waals surface area contributed by atoms with E-state index in [1.165, 1.54) is 0 Å². The molecule has 2 heterocycles. The highest BCUT2D eigenvalue weighted by molar-refractivity contribution is 7.71. The van der Waals surface area contributed by atoms with E-state index in [1.54, 1.807) is 0 Å². The number of morpholine rings is 1. The lowest BCUT2D eigenvalue weighted by atomic mass is 10.2. The molecule has 2 aromatic rings. The van der Waals surface area contributed by atoms with Gasteiger partial charge in [0.25, 0.3) is 0 Å². The molecule has 1 aliphatic heterocycles. The van der Waals surface area contributed by atoms with Gasteiger partial charge in [0, 0.05) is 6.54 Å². The summed E-state index contributed by atoms with van der Waals surface area (Å²) in [6, 6.07) is 10.3. The van der Waals surface area contributed by atoms with E-state index in [4.69, 9.17) is 17.0 Å². The van der Waals surface area contributed by atoms with Crippen LogP contribution in [0.5, 0.6) is 0 Å². The third kappa shape index (κ3) is 2.36. The van der Waals surface area contributed by atoms with Crippen molar-refractivity contribution < 1.29 is 4.74 Å². The maximum atomic E-state index is 5.68. The van der Waals surface area contributed by atoms with Crippen LogP contribution >= 0.6 is 12.2 Å². The van der Waals surface area contributed by atoms with Gasteiger partial charge in [-0.25, -0.2) is 5.10 Å². The number of anilines is 1. The molecular weight excluding hydrogens is 272 g/mol. The Morgan fingerprint density at radius 1 is 1.30 bits per heavy atom. The highest BCUT2D eigenvalue weighted by Crippen LogP contribution is 2.23. The van der Waals surface area contributed by atoms with Crippen LogP contribution in [0.1, 0.15) is 13.8 Å². The third-order valence-electron chi connectivity index (χ3n) is 3.53. The smallest absolute Gasteiger partial charge is 0.230 e. The average Bonchev–Trinajstić information content (AvgIpc) is 2.84. The second-order valence-corrected chi connectivity index (χ2v) is 5.53. The van der Waals surface area contributed by atoms with Crippen molar-refractivity contribution in [3.05, 3.63) is 35.1 Å². The number of H-pyrrole nitrogens is 1. The van der Waals surface area contributed by atoms with E-state index in [0.29, 0.717) is 11.4 Å². The molecule has 0 saturated carbocycles. The van der Waals surface area contributed by atoms with E-state index >= 15 is 0 Å². The first-order chi connectivity index (χ1) is 9.66. The molecule has 0 bridgehead atoms. The van der Waals surface area contributed by atoms with Gasteiger partial charge in [-0.05, 0) is 38.2 Å². The molecule has 2 unspecified atom stereocenters. The molecule has 1 aliphatic rings. The summed E-state index contributed by atoms with van der Waals surface area (Å²) in [5.41, 5.74) is 1.02. The number of nitrogens with one attached hydrogen (secondary N) is 1. The molecule has 0 radical (unpaired) electrons. The fraction of sp³-hybridized carbons (Fsp3) is 0.429. The largest absolute Gasteiger partial charge is 0.375 e. The first-order valence-electron chi connectivity index (χ1n) is 6.78. The van der Waals surface area contributed by atoms with Crippen molar-refractivity contribution in [2.75, 3.05) is 18.1 Å². The summed E-state index contributed by atoms with van der Waals surface area (Å²) < 4.78 is 8.26. The number of hydrogen-bond acceptors (Lipinski definition) is 4. The summed E-state index contributed by atoms with van der Waals surface area (Å²) in [4.78, 5) is 2.24. The van der Waals surface area contributed by atoms with Gasteiger partial charge in [-0.2, -0.15) is 0 Å². The molecule has 1 saturated heterocycles. The number of rotatable bonds is 2. The monoisotopic (exact) mass is 290 g/mol. The minimum Gasteiger partial charge on any atom is -0.375 e. The van der Waals surface area contributed by atoms with Crippen LogP contribution in [-0.4, -0.2) is 40.1 Å². The van der Waals surface area contributed by atoms with Crippen molar-refractivity contribution in [3.8, 4) is 5.69 Å². The van der Waals surface area contributed by atoms with Gasteiger partial charge in [-0.15, -0.1) is 5.10 Å². The number of hydrogen-bond donors (Lipinski definition) is 1. The summed E-state index contributed by atoms with van der Waals surface area (Å²) in [7, 11) is 0. The first-order valence-corrected chi connectivity index (χ1v) is 7.18. The van der Waals surface area contributed by atoms with E-state index in [0.717, 1.165) is 18.2 Å². The van der Waals surface area contributed by atoms with Crippen LogP contribution in [0.15, 0.2) is 30.3 Å². The molecule has 1 aromatic carbocycles. The zero-order valence-electron chi connectivity index (χ0n) is 11.6.